The molecule has 0 amide bonds. The van der Waals surface area contributed by atoms with E-state index in [-0.39, 0.29) is 17.5 Å². The molecular formula is C21H18FNO. The van der Waals surface area contributed by atoms with E-state index >= 15 is 0 Å². The minimum atomic E-state index is -0.245. The van der Waals surface area contributed by atoms with Crippen molar-refractivity contribution in [3.8, 4) is 0 Å². The lowest BCUT2D eigenvalue weighted by molar-refractivity contribution is -0.115. The van der Waals surface area contributed by atoms with E-state index in [4.69, 9.17) is 0 Å². The molecule has 0 spiro atoms. The van der Waals surface area contributed by atoms with Gasteiger partial charge in [-0.2, -0.15) is 0 Å². The average Bonchev–Trinajstić information content (AvgIpc) is 2.96. The van der Waals surface area contributed by atoms with E-state index in [1.807, 2.05) is 13.2 Å². The smallest absolute Gasteiger partial charge is 0.156 e. The molecule has 1 unspecified atom stereocenters. The van der Waals surface area contributed by atoms with E-state index in [9.17, 15) is 9.18 Å². The average molecular weight is 319 g/mol. The second-order valence-corrected chi connectivity index (χ2v) is 6.49. The molecule has 1 heterocycles. The fraction of sp³-hybridized carbons (Fsp3) is 0.190. The SMILES string of the molecule is Cn1ccc2ccc(C3=CC(=O)CC(c4ccc(F)cc4)C3)cc21. The number of allylic oxidation sites excluding steroid dienone is 2. The topological polar surface area (TPSA) is 22.0 Å². The minimum Gasteiger partial charge on any atom is -0.351 e. The number of aromatic nitrogens is 1. The molecular weight excluding hydrogens is 301 g/mol. The maximum absolute atomic E-state index is 13.1. The molecule has 0 bridgehead atoms. The van der Waals surface area contributed by atoms with Gasteiger partial charge in [0.15, 0.2) is 5.78 Å². The van der Waals surface area contributed by atoms with Gasteiger partial charge in [-0.1, -0.05) is 24.3 Å². The highest BCUT2D eigenvalue weighted by atomic mass is 19.1. The summed E-state index contributed by atoms with van der Waals surface area (Å²) in [7, 11) is 2.02. The van der Waals surface area contributed by atoms with Crippen LogP contribution in [0.5, 0.6) is 0 Å². The highest BCUT2D eigenvalue weighted by molar-refractivity contribution is 6.00. The highest BCUT2D eigenvalue weighted by Crippen LogP contribution is 2.36. The van der Waals surface area contributed by atoms with Gasteiger partial charge >= 0.3 is 0 Å². The number of benzene rings is 2. The minimum absolute atomic E-state index is 0.113. The molecule has 0 aliphatic heterocycles. The van der Waals surface area contributed by atoms with Crippen LogP contribution in [0.2, 0.25) is 0 Å². The van der Waals surface area contributed by atoms with Crippen molar-refractivity contribution in [1.29, 1.82) is 0 Å². The highest BCUT2D eigenvalue weighted by Gasteiger charge is 2.23. The quantitative estimate of drug-likeness (QED) is 0.662. The Bertz CT molecular complexity index is 950. The van der Waals surface area contributed by atoms with Gasteiger partial charge in [-0.3, -0.25) is 4.79 Å². The summed E-state index contributed by atoms with van der Waals surface area (Å²) in [6.45, 7) is 0. The molecule has 3 aromatic rings. The number of ketones is 1. The van der Waals surface area contributed by atoms with Gasteiger partial charge in [0.05, 0.1) is 0 Å². The van der Waals surface area contributed by atoms with Crippen LogP contribution < -0.4 is 0 Å². The summed E-state index contributed by atoms with van der Waals surface area (Å²) in [4.78, 5) is 12.2. The predicted octanol–water partition coefficient (Wildman–Crippen LogP) is 4.85. The molecule has 0 fully saturated rings. The lowest BCUT2D eigenvalue weighted by Crippen LogP contribution is -2.12. The van der Waals surface area contributed by atoms with Gasteiger partial charge in [-0.15, -0.1) is 0 Å². The van der Waals surface area contributed by atoms with E-state index in [1.165, 1.54) is 17.5 Å². The number of nitrogens with zero attached hydrogens (tertiary/aromatic N) is 1. The fourth-order valence-electron chi connectivity index (χ4n) is 3.53. The molecule has 24 heavy (non-hydrogen) atoms. The molecule has 2 nitrogen and oxygen atoms in total. The fourth-order valence-corrected chi connectivity index (χ4v) is 3.53. The number of hydrogen-bond acceptors (Lipinski definition) is 1. The lowest BCUT2D eigenvalue weighted by atomic mass is 9.81. The predicted molar refractivity (Wildman–Crippen MR) is 94.3 cm³/mol. The van der Waals surface area contributed by atoms with Crippen LogP contribution in [-0.4, -0.2) is 10.4 Å². The molecule has 3 heteroatoms. The summed E-state index contributed by atoms with van der Waals surface area (Å²) in [5.41, 5.74) is 4.33. The molecule has 0 saturated carbocycles. The second-order valence-electron chi connectivity index (χ2n) is 6.49. The number of halogens is 1. The standard InChI is InChI=1S/C21H18FNO/c1-23-9-8-15-2-3-16(13-21(15)23)18-10-17(11-20(24)12-18)14-4-6-19(22)7-5-14/h2-9,12-13,17H,10-11H2,1H3. The normalized spacial score (nSPS) is 18.0. The third-order valence-corrected chi connectivity index (χ3v) is 4.85. The first kappa shape index (κ1) is 14.9. The Morgan fingerprint density at radius 2 is 1.83 bits per heavy atom. The zero-order valence-electron chi connectivity index (χ0n) is 13.5. The third-order valence-electron chi connectivity index (χ3n) is 4.85. The van der Waals surface area contributed by atoms with E-state index in [1.54, 1.807) is 18.2 Å². The Kier molecular flexibility index (Phi) is 3.57. The van der Waals surface area contributed by atoms with Crippen molar-refractivity contribution in [3.63, 3.8) is 0 Å². The molecule has 120 valence electrons. The van der Waals surface area contributed by atoms with E-state index < -0.39 is 0 Å². The van der Waals surface area contributed by atoms with Gasteiger partial charge in [0.1, 0.15) is 5.82 Å². The summed E-state index contributed by atoms with van der Waals surface area (Å²) in [6, 6.07) is 14.9. The molecule has 2 aromatic carbocycles. The van der Waals surface area contributed by atoms with Crippen molar-refractivity contribution in [2.75, 3.05) is 0 Å². The molecule has 0 radical (unpaired) electrons. The first-order valence-electron chi connectivity index (χ1n) is 8.14. The number of carbonyl (C=O) groups excluding carboxylic acids is 1. The summed E-state index contributed by atoms with van der Waals surface area (Å²) in [6.07, 6.45) is 5.09. The molecule has 1 aromatic heterocycles. The van der Waals surface area contributed by atoms with Gasteiger partial charge in [-0.05, 0) is 64.8 Å². The van der Waals surface area contributed by atoms with E-state index in [0.29, 0.717) is 6.42 Å². The van der Waals surface area contributed by atoms with Crippen molar-refractivity contribution in [2.24, 2.45) is 7.05 Å². The first-order valence-corrected chi connectivity index (χ1v) is 8.14. The zero-order chi connectivity index (χ0) is 16.7. The van der Waals surface area contributed by atoms with Crippen LogP contribution in [0, 0.1) is 5.82 Å². The van der Waals surface area contributed by atoms with Crippen LogP contribution in [0.3, 0.4) is 0 Å². The monoisotopic (exact) mass is 319 g/mol. The molecule has 0 N–H and O–H groups in total. The van der Waals surface area contributed by atoms with Crippen molar-refractivity contribution in [1.82, 2.24) is 4.57 Å². The molecule has 1 aliphatic carbocycles. The van der Waals surface area contributed by atoms with Crippen LogP contribution in [0.4, 0.5) is 4.39 Å². The molecule has 0 saturated heterocycles. The van der Waals surface area contributed by atoms with E-state index in [2.05, 4.69) is 28.8 Å². The second kappa shape index (κ2) is 5.75. The molecule has 1 atom stereocenters. The summed E-state index contributed by atoms with van der Waals surface area (Å²) < 4.78 is 15.2. The number of rotatable bonds is 2. The van der Waals surface area contributed by atoms with Crippen LogP contribution in [0.15, 0.2) is 60.8 Å². The van der Waals surface area contributed by atoms with Gasteiger partial charge in [-0.25, -0.2) is 4.39 Å². The van der Waals surface area contributed by atoms with Crippen LogP contribution in [0.1, 0.15) is 29.9 Å². The van der Waals surface area contributed by atoms with Crippen LogP contribution in [0.25, 0.3) is 16.5 Å². The Labute approximate surface area is 140 Å². The van der Waals surface area contributed by atoms with Gasteiger partial charge in [0, 0.05) is 25.2 Å². The Morgan fingerprint density at radius 1 is 1.04 bits per heavy atom. The van der Waals surface area contributed by atoms with Crippen LogP contribution in [-0.2, 0) is 11.8 Å². The van der Waals surface area contributed by atoms with Crippen molar-refractivity contribution >= 4 is 22.3 Å². The van der Waals surface area contributed by atoms with Gasteiger partial charge < -0.3 is 4.57 Å². The molecule has 1 aliphatic rings. The Balaban J connectivity index is 1.69. The Morgan fingerprint density at radius 3 is 2.62 bits per heavy atom. The summed E-state index contributed by atoms with van der Waals surface area (Å²) in [5.74, 6) is 0.00516. The summed E-state index contributed by atoms with van der Waals surface area (Å²) in [5, 5.41) is 1.19. The van der Waals surface area contributed by atoms with E-state index in [0.717, 1.165) is 28.6 Å². The third kappa shape index (κ3) is 2.67. The molecule has 4 rings (SSSR count). The number of aryl methyl sites for hydroxylation is 1. The van der Waals surface area contributed by atoms with Crippen molar-refractivity contribution in [3.05, 3.63) is 77.7 Å². The summed E-state index contributed by atoms with van der Waals surface area (Å²) >= 11 is 0. The number of fused-ring (bicyclic) bond motifs is 1. The number of carbonyl (C=O) groups is 1. The van der Waals surface area contributed by atoms with Crippen molar-refractivity contribution < 1.29 is 9.18 Å². The maximum atomic E-state index is 13.1. The zero-order valence-corrected chi connectivity index (χ0v) is 13.5. The number of hydrogen-bond donors (Lipinski definition) is 0. The maximum Gasteiger partial charge on any atom is 0.156 e. The Hall–Kier alpha value is -2.68. The van der Waals surface area contributed by atoms with Gasteiger partial charge in [0.25, 0.3) is 0 Å². The lowest BCUT2D eigenvalue weighted by Gasteiger charge is -2.23. The van der Waals surface area contributed by atoms with Crippen molar-refractivity contribution in [2.45, 2.75) is 18.8 Å². The van der Waals surface area contributed by atoms with Crippen LogP contribution >= 0.6 is 0 Å². The van der Waals surface area contributed by atoms with Gasteiger partial charge in [0.2, 0.25) is 0 Å². The largest absolute Gasteiger partial charge is 0.351 e. The first-order chi connectivity index (χ1) is 11.6.